The predicted octanol–water partition coefficient (Wildman–Crippen LogP) is 5.05. The summed E-state index contributed by atoms with van der Waals surface area (Å²) in [7, 11) is 1.62. The number of anilines is 1. The van der Waals surface area contributed by atoms with Crippen LogP contribution in [0.3, 0.4) is 0 Å². The first kappa shape index (κ1) is 23.8. The lowest BCUT2D eigenvalue weighted by Gasteiger charge is -2.12. The van der Waals surface area contributed by atoms with Crippen molar-refractivity contribution in [2.24, 2.45) is 0 Å². The molecule has 0 aliphatic rings. The van der Waals surface area contributed by atoms with Crippen molar-refractivity contribution < 1.29 is 14.3 Å². The van der Waals surface area contributed by atoms with Crippen molar-refractivity contribution in [1.82, 2.24) is 19.7 Å². The summed E-state index contributed by atoms with van der Waals surface area (Å²) < 4.78 is 13.3. The maximum Gasteiger partial charge on any atom is 0.236 e. The fraction of sp³-hybridized carbons (Fsp3) is 0.250. The number of hydrogen-bond acceptors (Lipinski definition) is 8. The molecule has 0 atom stereocenters. The molecule has 0 fully saturated rings. The van der Waals surface area contributed by atoms with Crippen molar-refractivity contribution in [1.29, 1.82) is 0 Å². The summed E-state index contributed by atoms with van der Waals surface area (Å²) in [6, 6.07) is 15.6. The van der Waals surface area contributed by atoms with E-state index < -0.39 is 0 Å². The Bertz CT molecular complexity index is 1260. The molecule has 2 aromatic heterocycles. The van der Waals surface area contributed by atoms with E-state index in [9.17, 15) is 4.79 Å². The molecule has 0 bridgehead atoms. The molecule has 0 aliphatic heterocycles. The zero-order chi connectivity index (χ0) is 23.9. The number of benzene rings is 2. The first-order valence-electron chi connectivity index (χ1n) is 10.7. The van der Waals surface area contributed by atoms with Gasteiger partial charge in [0.15, 0.2) is 27.6 Å². The van der Waals surface area contributed by atoms with E-state index >= 15 is 0 Å². The minimum Gasteiger partial charge on any atom is -0.493 e. The van der Waals surface area contributed by atoms with Gasteiger partial charge in [0, 0.05) is 17.5 Å². The Balaban J connectivity index is 1.34. The molecule has 4 aromatic rings. The summed E-state index contributed by atoms with van der Waals surface area (Å²) in [5.74, 6) is 2.05. The second-order valence-electron chi connectivity index (χ2n) is 7.33. The van der Waals surface area contributed by atoms with Gasteiger partial charge in [0.05, 0.1) is 18.6 Å². The number of aryl methyl sites for hydroxylation is 1. The van der Waals surface area contributed by atoms with Crippen LogP contribution in [0, 0.1) is 6.92 Å². The van der Waals surface area contributed by atoms with Gasteiger partial charge < -0.3 is 19.4 Å². The average molecular weight is 496 g/mol. The van der Waals surface area contributed by atoms with E-state index in [1.807, 2.05) is 72.3 Å². The highest BCUT2D eigenvalue weighted by molar-refractivity contribution is 7.99. The fourth-order valence-electron chi connectivity index (χ4n) is 3.24. The van der Waals surface area contributed by atoms with E-state index in [1.165, 1.54) is 23.1 Å². The first-order chi connectivity index (χ1) is 16.6. The summed E-state index contributed by atoms with van der Waals surface area (Å²) in [5.41, 5.74) is 2.95. The molecule has 1 amide bonds. The van der Waals surface area contributed by atoms with E-state index in [0.29, 0.717) is 34.2 Å². The first-order valence-corrected chi connectivity index (χ1v) is 12.6. The standard InChI is InChI=1S/C24H25N5O3S2/c1-4-29-21(13-32-19-11-10-16(2)12-20(19)31-3)27-28-24(29)34-15-22(30)26-23-25-18(14-33-23)17-8-6-5-7-9-17/h5-12,14H,4,13,15H2,1-3H3,(H,25,26,30). The number of methoxy groups -OCH3 is 1. The number of carbonyl (C=O) groups is 1. The lowest BCUT2D eigenvalue weighted by atomic mass is 10.2. The van der Waals surface area contributed by atoms with Crippen LogP contribution in [0.25, 0.3) is 11.3 Å². The topological polar surface area (TPSA) is 91.2 Å². The molecule has 176 valence electrons. The molecule has 8 nitrogen and oxygen atoms in total. The Morgan fingerprint density at radius 2 is 1.97 bits per heavy atom. The van der Waals surface area contributed by atoms with Gasteiger partial charge >= 0.3 is 0 Å². The van der Waals surface area contributed by atoms with E-state index in [2.05, 4.69) is 20.5 Å². The highest BCUT2D eigenvalue weighted by Gasteiger charge is 2.15. The van der Waals surface area contributed by atoms with Gasteiger partial charge in [-0.25, -0.2) is 4.98 Å². The number of ether oxygens (including phenoxy) is 2. The average Bonchev–Trinajstić information content (AvgIpc) is 3.49. The van der Waals surface area contributed by atoms with Gasteiger partial charge in [0.2, 0.25) is 5.91 Å². The molecule has 0 spiro atoms. The molecule has 2 aromatic carbocycles. The molecule has 1 N–H and O–H groups in total. The SMILES string of the molecule is CCn1c(COc2ccc(C)cc2OC)nnc1SCC(=O)Nc1nc(-c2ccccc2)cs1. The molecule has 0 aliphatic carbocycles. The van der Waals surface area contributed by atoms with Crippen LogP contribution in [-0.4, -0.2) is 38.5 Å². The minimum atomic E-state index is -0.146. The van der Waals surface area contributed by atoms with Crippen molar-refractivity contribution >= 4 is 34.1 Å². The molecule has 0 saturated carbocycles. The Morgan fingerprint density at radius 1 is 1.15 bits per heavy atom. The predicted molar refractivity (Wildman–Crippen MR) is 135 cm³/mol. The molecule has 4 rings (SSSR count). The van der Waals surface area contributed by atoms with Gasteiger partial charge in [0.25, 0.3) is 0 Å². The Labute approximate surface area is 206 Å². The number of nitrogens with one attached hydrogen (secondary N) is 1. The number of carbonyl (C=O) groups excluding carboxylic acids is 1. The van der Waals surface area contributed by atoms with Gasteiger partial charge in [0.1, 0.15) is 6.61 Å². The summed E-state index contributed by atoms with van der Waals surface area (Å²) in [6.45, 7) is 4.91. The van der Waals surface area contributed by atoms with Gasteiger partial charge in [-0.05, 0) is 31.5 Å². The highest BCUT2D eigenvalue weighted by atomic mass is 32.2. The van der Waals surface area contributed by atoms with Crippen LogP contribution < -0.4 is 14.8 Å². The molecular weight excluding hydrogens is 470 g/mol. The van der Waals surface area contributed by atoms with Crippen LogP contribution in [-0.2, 0) is 17.9 Å². The van der Waals surface area contributed by atoms with Crippen molar-refractivity contribution in [3.63, 3.8) is 0 Å². The lowest BCUT2D eigenvalue weighted by molar-refractivity contribution is -0.113. The molecule has 0 saturated heterocycles. The van der Waals surface area contributed by atoms with Crippen LogP contribution in [0.5, 0.6) is 11.5 Å². The van der Waals surface area contributed by atoms with E-state index in [4.69, 9.17) is 9.47 Å². The minimum absolute atomic E-state index is 0.146. The van der Waals surface area contributed by atoms with E-state index in [-0.39, 0.29) is 18.3 Å². The number of amides is 1. The van der Waals surface area contributed by atoms with Gasteiger partial charge in [-0.15, -0.1) is 21.5 Å². The smallest absolute Gasteiger partial charge is 0.236 e. The Kier molecular flexibility index (Phi) is 7.81. The number of rotatable bonds is 10. The van der Waals surface area contributed by atoms with Crippen molar-refractivity contribution in [3.8, 4) is 22.8 Å². The third-order valence-corrected chi connectivity index (χ3v) is 6.66. The van der Waals surface area contributed by atoms with E-state index in [1.54, 1.807) is 7.11 Å². The number of nitrogens with zero attached hydrogens (tertiary/aromatic N) is 4. The maximum absolute atomic E-state index is 12.5. The van der Waals surface area contributed by atoms with Crippen LogP contribution >= 0.6 is 23.1 Å². The summed E-state index contributed by atoms with van der Waals surface area (Å²) in [5, 5.41) is 14.5. The second kappa shape index (κ2) is 11.2. The fourth-order valence-corrected chi connectivity index (χ4v) is 4.80. The zero-order valence-electron chi connectivity index (χ0n) is 19.1. The Hall–Kier alpha value is -3.37. The summed E-state index contributed by atoms with van der Waals surface area (Å²) in [6.07, 6.45) is 0. The summed E-state index contributed by atoms with van der Waals surface area (Å²) in [4.78, 5) is 17.0. The highest BCUT2D eigenvalue weighted by Crippen LogP contribution is 2.29. The molecule has 0 unspecified atom stereocenters. The lowest BCUT2D eigenvalue weighted by Crippen LogP contribution is -2.14. The third kappa shape index (κ3) is 5.75. The number of thioether (sulfide) groups is 1. The van der Waals surface area contributed by atoms with Crippen LogP contribution in [0.1, 0.15) is 18.3 Å². The van der Waals surface area contributed by atoms with Gasteiger partial charge in [-0.1, -0.05) is 48.2 Å². The van der Waals surface area contributed by atoms with Crippen LogP contribution in [0.4, 0.5) is 5.13 Å². The van der Waals surface area contributed by atoms with Crippen LogP contribution in [0.15, 0.2) is 59.1 Å². The zero-order valence-corrected chi connectivity index (χ0v) is 20.8. The molecule has 10 heteroatoms. The largest absolute Gasteiger partial charge is 0.493 e. The molecule has 2 heterocycles. The van der Waals surface area contributed by atoms with Crippen molar-refractivity contribution in [3.05, 3.63) is 65.3 Å². The Morgan fingerprint density at radius 3 is 2.74 bits per heavy atom. The summed E-state index contributed by atoms with van der Waals surface area (Å²) >= 11 is 2.73. The van der Waals surface area contributed by atoms with Crippen molar-refractivity contribution in [2.75, 3.05) is 18.2 Å². The van der Waals surface area contributed by atoms with Crippen LogP contribution in [0.2, 0.25) is 0 Å². The maximum atomic E-state index is 12.5. The van der Waals surface area contributed by atoms with Gasteiger partial charge in [-0.3, -0.25) is 4.79 Å². The monoisotopic (exact) mass is 495 g/mol. The normalized spacial score (nSPS) is 10.8. The molecule has 34 heavy (non-hydrogen) atoms. The third-order valence-electron chi connectivity index (χ3n) is 4.94. The van der Waals surface area contributed by atoms with E-state index in [0.717, 1.165) is 16.8 Å². The number of thiazole rings is 1. The van der Waals surface area contributed by atoms with Gasteiger partial charge in [-0.2, -0.15) is 0 Å². The number of aromatic nitrogens is 4. The van der Waals surface area contributed by atoms with Crippen molar-refractivity contribution in [2.45, 2.75) is 32.2 Å². The molecule has 0 radical (unpaired) electrons. The molecular formula is C24H25N5O3S2. The number of hydrogen-bond donors (Lipinski definition) is 1. The quantitative estimate of drug-likeness (QED) is 0.308. The second-order valence-corrected chi connectivity index (χ2v) is 9.13.